The van der Waals surface area contributed by atoms with E-state index < -0.39 is 0 Å². The van der Waals surface area contributed by atoms with Gasteiger partial charge in [0.25, 0.3) is 0 Å². The molecule has 4 heteroatoms. The molecule has 0 aromatic carbocycles. The Morgan fingerprint density at radius 2 is 1.04 bits per heavy atom. The fraction of sp³-hybridized carbons (Fsp3) is 0.850. The van der Waals surface area contributed by atoms with Crippen molar-refractivity contribution in [1.82, 2.24) is 5.32 Å². The van der Waals surface area contributed by atoms with Crippen molar-refractivity contribution < 1.29 is 14.4 Å². The molecule has 0 spiro atoms. The molecule has 1 amide bonds. The van der Waals surface area contributed by atoms with Crippen LogP contribution in [0.4, 0.5) is 0 Å². The predicted octanol–water partition coefficient (Wildman–Crippen LogP) is 4.45. The number of rotatable bonds is 15. The largest absolute Gasteiger partial charge is 0.349 e. The number of carbonyl (C=O) groups is 3. The average molecular weight is 340 g/mol. The van der Waals surface area contributed by atoms with Crippen LogP contribution < -0.4 is 5.32 Å². The summed E-state index contributed by atoms with van der Waals surface area (Å²) in [5.74, 6) is 0.597. The molecule has 0 aromatic rings. The molecule has 0 heterocycles. The maximum atomic E-state index is 11.6. The normalized spacial score (nSPS) is 11.1. The van der Waals surface area contributed by atoms with Gasteiger partial charge in [-0.15, -0.1) is 0 Å². The van der Waals surface area contributed by atoms with E-state index in [0.29, 0.717) is 12.2 Å². The summed E-state index contributed by atoms with van der Waals surface area (Å²) in [5, 5.41) is 2.69. The molecular weight excluding hydrogens is 302 g/mol. The molecule has 0 bridgehead atoms. The Bertz CT molecular complexity index is 375. The van der Waals surface area contributed by atoms with Crippen LogP contribution in [0.2, 0.25) is 0 Å². The summed E-state index contributed by atoms with van der Waals surface area (Å²) in [6.45, 7) is 7.78. The Hall–Kier alpha value is -1.19. The summed E-state index contributed by atoms with van der Waals surface area (Å²) in [7, 11) is 0. The first-order valence-corrected chi connectivity index (χ1v) is 9.66. The molecule has 0 aliphatic carbocycles. The lowest BCUT2D eigenvalue weighted by molar-refractivity contribution is -0.126. The molecule has 0 atom stereocenters. The Labute approximate surface area is 148 Å². The molecule has 0 saturated heterocycles. The number of hydrogen-bond acceptors (Lipinski definition) is 3. The molecular formula is C20H37NO3. The van der Waals surface area contributed by atoms with Gasteiger partial charge in [-0.25, -0.2) is 0 Å². The second kappa shape index (κ2) is 14.2. The minimum Gasteiger partial charge on any atom is -0.349 e. The maximum absolute atomic E-state index is 11.6. The zero-order valence-electron chi connectivity index (χ0n) is 16.2. The first-order chi connectivity index (χ1) is 11.3. The topological polar surface area (TPSA) is 63.2 Å². The standard InChI is InChI=1S/C20H37NO3/c1-16(2)18(22)13-11-9-7-5-6-8-10-12-14-20(24)21-15-19(23)17(3)4/h16-17H,5-15H2,1-4H3,(H,21,24). The number of amides is 1. The lowest BCUT2D eigenvalue weighted by Crippen LogP contribution is -2.31. The van der Waals surface area contributed by atoms with Gasteiger partial charge in [-0.3, -0.25) is 14.4 Å². The number of ketones is 2. The fourth-order valence-corrected chi connectivity index (χ4v) is 2.41. The van der Waals surface area contributed by atoms with Crippen molar-refractivity contribution in [1.29, 1.82) is 0 Å². The quantitative estimate of drug-likeness (QED) is 0.448. The van der Waals surface area contributed by atoms with Gasteiger partial charge < -0.3 is 5.32 Å². The molecule has 0 rings (SSSR count). The second-order valence-corrected chi connectivity index (χ2v) is 7.35. The minimum absolute atomic E-state index is 0.0150. The monoisotopic (exact) mass is 339 g/mol. The van der Waals surface area contributed by atoms with E-state index in [1.165, 1.54) is 19.3 Å². The van der Waals surface area contributed by atoms with E-state index in [1.807, 2.05) is 27.7 Å². The highest BCUT2D eigenvalue weighted by molar-refractivity contribution is 5.87. The van der Waals surface area contributed by atoms with Crippen LogP contribution in [0, 0.1) is 11.8 Å². The van der Waals surface area contributed by atoms with Crippen molar-refractivity contribution in [2.75, 3.05) is 6.54 Å². The van der Waals surface area contributed by atoms with Crippen molar-refractivity contribution in [3.63, 3.8) is 0 Å². The molecule has 1 N–H and O–H groups in total. The summed E-state index contributed by atoms with van der Waals surface area (Å²) in [5.41, 5.74) is 0. The lowest BCUT2D eigenvalue weighted by atomic mass is 10.0. The van der Waals surface area contributed by atoms with Crippen LogP contribution in [0.15, 0.2) is 0 Å². The van der Waals surface area contributed by atoms with Crippen molar-refractivity contribution in [3.05, 3.63) is 0 Å². The first-order valence-electron chi connectivity index (χ1n) is 9.66. The van der Waals surface area contributed by atoms with Gasteiger partial charge in [0.05, 0.1) is 6.54 Å². The average Bonchev–Trinajstić information content (AvgIpc) is 2.53. The Kier molecular flexibility index (Phi) is 13.5. The van der Waals surface area contributed by atoms with Gasteiger partial charge in [0.1, 0.15) is 5.78 Å². The van der Waals surface area contributed by atoms with Crippen LogP contribution in [-0.2, 0) is 14.4 Å². The minimum atomic E-state index is -0.0196. The van der Waals surface area contributed by atoms with E-state index in [0.717, 1.165) is 38.5 Å². The van der Waals surface area contributed by atoms with Gasteiger partial charge >= 0.3 is 0 Å². The van der Waals surface area contributed by atoms with Crippen LogP contribution >= 0.6 is 0 Å². The molecule has 0 saturated carbocycles. The summed E-state index contributed by atoms with van der Waals surface area (Å²) in [6.07, 6.45) is 10.1. The third-order valence-corrected chi connectivity index (χ3v) is 4.32. The van der Waals surface area contributed by atoms with Gasteiger partial charge in [-0.1, -0.05) is 66.2 Å². The third-order valence-electron chi connectivity index (χ3n) is 4.32. The van der Waals surface area contributed by atoms with Gasteiger partial charge in [-0.2, -0.15) is 0 Å². The molecule has 0 aliphatic heterocycles. The molecule has 0 fully saturated rings. The van der Waals surface area contributed by atoms with Crippen LogP contribution in [-0.4, -0.2) is 24.0 Å². The van der Waals surface area contributed by atoms with Crippen LogP contribution in [0.25, 0.3) is 0 Å². The Balaban J connectivity index is 3.35. The molecule has 0 aromatic heterocycles. The van der Waals surface area contributed by atoms with E-state index >= 15 is 0 Å². The fourth-order valence-electron chi connectivity index (χ4n) is 2.41. The lowest BCUT2D eigenvalue weighted by Gasteiger charge is -2.06. The summed E-state index contributed by atoms with van der Waals surface area (Å²) < 4.78 is 0. The van der Waals surface area contributed by atoms with Crippen molar-refractivity contribution in [3.8, 4) is 0 Å². The SMILES string of the molecule is CC(C)C(=O)CCCCCCCCCCC(=O)NCC(=O)C(C)C. The number of Topliss-reactive ketones (excluding diaryl/α,β-unsaturated/α-hetero) is 2. The van der Waals surface area contributed by atoms with Crippen LogP contribution in [0.1, 0.15) is 91.9 Å². The molecule has 0 aliphatic rings. The predicted molar refractivity (Wildman–Crippen MR) is 98.9 cm³/mol. The van der Waals surface area contributed by atoms with Crippen molar-refractivity contribution in [2.45, 2.75) is 91.9 Å². The third kappa shape index (κ3) is 13.3. The van der Waals surface area contributed by atoms with E-state index in [2.05, 4.69) is 5.32 Å². The summed E-state index contributed by atoms with van der Waals surface area (Å²) >= 11 is 0. The van der Waals surface area contributed by atoms with Gasteiger partial charge in [0.2, 0.25) is 5.91 Å². The zero-order valence-corrected chi connectivity index (χ0v) is 16.2. The van der Waals surface area contributed by atoms with E-state index in [4.69, 9.17) is 0 Å². The number of nitrogens with one attached hydrogen (secondary N) is 1. The van der Waals surface area contributed by atoms with E-state index in [1.54, 1.807) is 0 Å². The zero-order chi connectivity index (χ0) is 18.4. The molecule has 4 nitrogen and oxygen atoms in total. The highest BCUT2D eigenvalue weighted by Gasteiger charge is 2.09. The van der Waals surface area contributed by atoms with Gasteiger partial charge in [-0.05, 0) is 12.8 Å². The first kappa shape index (κ1) is 22.8. The highest BCUT2D eigenvalue weighted by Crippen LogP contribution is 2.12. The van der Waals surface area contributed by atoms with Crippen molar-refractivity contribution in [2.24, 2.45) is 11.8 Å². The Morgan fingerprint density at radius 1 is 0.625 bits per heavy atom. The number of hydrogen-bond donors (Lipinski definition) is 1. The number of carbonyl (C=O) groups excluding carboxylic acids is 3. The molecule has 0 unspecified atom stereocenters. The molecule has 24 heavy (non-hydrogen) atoms. The summed E-state index contributed by atoms with van der Waals surface area (Å²) in [6, 6.07) is 0. The smallest absolute Gasteiger partial charge is 0.220 e. The van der Waals surface area contributed by atoms with Crippen LogP contribution in [0.3, 0.4) is 0 Å². The van der Waals surface area contributed by atoms with Gasteiger partial charge in [0.15, 0.2) is 5.78 Å². The molecule has 140 valence electrons. The number of unbranched alkanes of at least 4 members (excludes halogenated alkanes) is 7. The second-order valence-electron chi connectivity index (χ2n) is 7.35. The van der Waals surface area contributed by atoms with E-state index in [-0.39, 0.29) is 30.1 Å². The van der Waals surface area contributed by atoms with Crippen molar-refractivity contribution >= 4 is 17.5 Å². The summed E-state index contributed by atoms with van der Waals surface area (Å²) in [4.78, 5) is 34.5. The van der Waals surface area contributed by atoms with E-state index in [9.17, 15) is 14.4 Å². The maximum Gasteiger partial charge on any atom is 0.220 e. The van der Waals surface area contributed by atoms with Gasteiger partial charge in [0, 0.05) is 24.7 Å². The van der Waals surface area contributed by atoms with Crippen LogP contribution in [0.5, 0.6) is 0 Å². The highest BCUT2D eigenvalue weighted by atomic mass is 16.2. The molecule has 0 radical (unpaired) electrons. The Morgan fingerprint density at radius 3 is 1.50 bits per heavy atom.